The van der Waals surface area contributed by atoms with Crippen molar-refractivity contribution in [1.29, 1.82) is 0 Å². The molecule has 222 valence electrons. The maximum Gasteiger partial charge on any atom is 0.305 e. The fourth-order valence-corrected chi connectivity index (χ4v) is 4.50. The monoisotopic (exact) mass is 588 g/mol. The molecule has 0 fully saturated rings. The third kappa shape index (κ3) is 16.7. The van der Waals surface area contributed by atoms with Crippen LogP contribution in [0.25, 0.3) is 0 Å². The molecule has 10 heteroatoms. The number of esters is 1. The van der Waals surface area contributed by atoms with E-state index in [1.165, 1.54) is 101 Å². The van der Waals surface area contributed by atoms with Crippen molar-refractivity contribution >= 4 is 40.8 Å². The molecule has 0 aromatic heterocycles. The number of nitro benzene ring substituents is 1. The fraction of sp³-hybridized carbons (Fsp3) is 0.724. The molecule has 1 rings (SSSR count). The van der Waals surface area contributed by atoms with Crippen molar-refractivity contribution in [1.82, 2.24) is 5.32 Å². The van der Waals surface area contributed by atoms with Crippen LogP contribution in [0.1, 0.15) is 121 Å². The van der Waals surface area contributed by atoms with Gasteiger partial charge in [-0.2, -0.15) is 0 Å². The molecule has 0 aliphatic heterocycles. The summed E-state index contributed by atoms with van der Waals surface area (Å²) in [5, 5.41) is 24.0. The molecule has 2 N–H and O–H groups in total. The van der Waals surface area contributed by atoms with Crippen molar-refractivity contribution in [2.24, 2.45) is 0 Å². The smallest absolute Gasteiger partial charge is 0.305 e. The number of alkyl halides is 2. The normalized spacial score (nSPS) is 12.7. The molecule has 0 spiro atoms. The molecule has 0 aliphatic rings. The van der Waals surface area contributed by atoms with Crippen LogP contribution in [0.2, 0.25) is 0 Å². The molecule has 2 unspecified atom stereocenters. The molecule has 0 heterocycles. The predicted molar refractivity (Wildman–Crippen MR) is 156 cm³/mol. The molecule has 0 saturated heterocycles. The number of benzene rings is 1. The third-order valence-corrected chi connectivity index (χ3v) is 7.16. The van der Waals surface area contributed by atoms with Crippen molar-refractivity contribution < 1.29 is 24.4 Å². The maximum atomic E-state index is 12.2. The van der Waals surface area contributed by atoms with Crippen LogP contribution in [0.4, 0.5) is 5.69 Å². The van der Waals surface area contributed by atoms with E-state index < -0.39 is 33.8 Å². The molecule has 1 aromatic carbocycles. The van der Waals surface area contributed by atoms with Crippen molar-refractivity contribution in [3.63, 3.8) is 0 Å². The predicted octanol–water partition coefficient (Wildman–Crippen LogP) is 7.72. The van der Waals surface area contributed by atoms with Crippen molar-refractivity contribution in [2.45, 2.75) is 127 Å². The quantitative estimate of drug-likeness (QED) is 0.0444. The summed E-state index contributed by atoms with van der Waals surface area (Å²) in [5.41, 5.74) is 0.174. The molecule has 0 bridgehead atoms. The lowest BCUT2D eigenvalue weighted by atomic mass is 10.0. The molecule has 0 aliphatic carbocycles. The van der Waals surface area contributed by atoms with E-state index in [9.17, 15) is 24.8 Å². The molecule has 0 radical (unpaired) electrons. The summed E-state index contributed by atoms with van der Waals surface area (Å²) in [5.74, 6) is -1.17. The highest BCUT2D eigenvalue weighted by atomic mass is 35.5. The number of amides is 1. The van der Waals surface area contributed by atoms with Gasteiger partial charge in [0.15, 0.2) is 4.84 Å². The first-order valence-corrected chi connectivity index (χ1v) is 15.3. The number of aliphatic hydroxyl groups excluding tert-OH is 1. The van der Waals surface area contributed by atoms with Gasteiger partial charge in [-0.25, -0.2) is 0 Å². The Balaban J connectivity index is 2.24. The number of rotatable bonds is 23. The average Bonchev–Trinajstić information content (AvgIpc) is 2.92. The van der Waals surface area contributed by atoms with E-state index in [4.69, 9.17) is 27.9 Å². The van der Waals surface area contributed by atoms with Gasteiger partial charge in [-0.3, -0.25) is 19.7 Å². The first kappa shape index (κ1) is 35.1. The summed E-state index contributed by atoms with van der Waals surface area (Å²) in [4.78, 5) is 33.2. The number of nitro groups is 1. The fourth-order valence-electron chi connectivity index (χ4n) is 4.38. The zero-order chi connectivity index (χ0) is 28.9. The summed E-state index contributed by atoms with van der Waals surface area (Å²) in [7, 11) is 0. The van der Waals surface area contributed by atoms with E-state index in [1.54, 1.807) is 0 Å². The standard InChI is InChI=1S/C29H46Cl2N2O6/c1-2-3-4-5-6-7-8-9-10-11-12-13-14-15-16-17-26(34)39-22-25(32-29(36)28(30)31)27(35)23-18-20-24(21-19-23)33(37)38/h18-21,25,27-28,35H,2-17,22H2,1H3,(H,32,36). The Morgan fingerprint density at radius 3 is 1.77 bits per heavy atom. The number of halogens is 2. The molecule has 39 heavy (non-hydrogen) atoms. The molecule has 2 atom stereocenters. The van der Waals surface area contributed by atoms with Crippen LogP contribution >= 0.6 is 23.2 Å². The van der Waals surface area contributed by atoms with Crippen molar-refractivity contribution in [3.8, 4) is 0 Å². The van der Waals surface area contributed by atoms with Crippen LogP contribution < -0.4 is 5.32 Å². The topological polar surface area (TPSA) is 119 Å². The van der Waals surface area contributed by atoms with Crippen LogP contribution in [0.3, 0.4) is 0 Å². The van der Waals surface area contributed by atoms with E-state index in [2.05, 4.69) is 12.2 Å². The molecular formula is C29H46Cl2N2O6. The van der Waals surface area contributed by atoms with E-state index in [0.29, 0.717) is 12.0 Å². The van der Waals surface area contributed by atoms with Gasteiger partial charge in [-0.1, -0.05) is 120 Å². The van der Waals surface area contributed by atoms with Crippen LogP contribution in [-0.2, 0) is 14.3 Å². The molecule has 0 saturated carbocycles. The van der Waals surface area contributed by atoms with E-state index in [-0.39, 0.29) is 18.7 Å². The van der Waals surface area contributed by atoms with Gasteiger partial charge < -0.3 is 15.2 Å². The zero-order valence-corrected chi connectivity index (χ0v) is 24.8. The largest absolute Gasteiger partial charge is 0.463 e. The van der Waals surface area contributed by atoms with Gasteiger partial charge in [0.2, 0.25) is 0 Å². The van der Waals surface area contributed by atoms with Crippen LogP contribution in [0.15, 0.2) is 24.3 Å². The van der Waals surface area contributed by atoms with Crippen LogP contribution in [-0.4, -0.2) is 39.4 Å². The Morgan fingerprint density at radius 2 is 1.33 bits per heavy atom. The lowest BCUT2D eigenvalue weighted by Crippen LogP contribution is -2.45. The number of aliphatic hydroxyl groups is 1. The number of hydrogen-bond donors (Lipinski definition) is 2. The second-order valence-corrected chi connectivity index (χ2v) is 11.2. The van der Waals surface area contributed by atoms with Gasteiger partial charge in [0, 0.05) is 18.6 Å². The first-order chi connectivity index (χ1) is 18.8. The Morgan fingerprint density at radius 1 is 0.872 bits per heavy atom. The highest BCUT2D eigenvalue weighted by molar-refractivity contribution is 6.53. The zero-order valence-electron chi connectivity index (χ0n) is 23.3. The molecule has 1 aromatic rings. The van der Waals surface area contributed by atoms with Gasteiger partial charge in [-0.05, 0) is 24.1 Å². The highest BCUT2D eigenvalue weighted by Gasteiger charge is 2.27. The van der Waals surface area contributed by atoms with Crippen LogP contribution in [0, 0.1) is 10.1 Å². The number of hydrogen-bond acceptors (Lipinski definition) is 6. The molecule has 8 nitrogen and oxygen atoms in total. The number of nitrogens with one attached hydrogen (secondary N) is 1. The SMILES string of the molecule is CCCCCCCCCCCCCCCCCC(=O)OCC(NC(=O)C(Cl)Cl)C(O)c1ccc([N+](=O)[O-])cc1. The minimum Gasteiger partial charge on any atom is -0.463 e. The number of carbonyl (C=O) groups is 2. The van der Waals surface area contributed by atoms with Gasteiger partial charge in [0.1, 0.15) is 12.7 Å². The van der Waals surface area contributed by atoms with Gasteiger partial charge in [-0.15, -0.1) is 0 Å². The number of non-ortho nitro benzene ring substituents is 1. The van der Waals surface area contributed by atoms with Crippen molar-refractivity contribution in [3.05, 3.63) is 39.9 Å². The highest BCUT2D eigenvalue weighted by Crippen LogP contribution is 2.22. The van der Waals surface area contributed by atoms with Crippen molar-refractivity contribution in [2.75, 3.05) is 6.61 Å². The lowest BCUT2D eigenvalue weighted by molar-refractivity contribution is -0.384. The molecular weight excluding hydrogens is 543 g/mol. The van der Waals surface area contributed by atoms with E-state index in [1.807, 2.05) is 0 Å². The number of carbonyl (C=O) groups excluding carboxylic acids is 2. The summed E-state index contributed by atoms with van der Waals surface area (Å²) >= 11 is 11.2. The second kappa shape index (κ2) is 21.9. The van der Waals surface area contributed by atoms with Crippen LogP contribution in [0.5, 0.6) is 0 Å². The Kier molecular flexibility index (Phi) is 19.7. The summed E-state index contributed by atoms with van der Waals surface area (Å²) in [6.45, 7) is 1.96. The Hall–Kier alpha value is -1.90. The lowest BCUT2D eigenvalue weighted by Gasteiger charge is -2.24. The Labute approximate surface area is 243 Å². The van der Waals surface area contributed by atoms with Gasteiger partial charge >= 0.3 is 5.97 Å². The average molecular weight is 590 g/mol. The third-order valence-electron chi connectivity index (χ3n) is 6.76. The van der Waals surface area contributed by atoms with Gasteiger partial charge in [0.25, 0.3) is 11.6 Å². The minimum absolute atomic E-state index is 0.136. The maximum absolute atomic E-state index is 12.2. The number of nitrogens with zero attached hydrogens (tertiary/aromatic N) is 1. The van der Waals surface area contributed by atoms with Gasteiger partial charge in [0.05, 0.1) is 11.0 Å². The number of unbranched alkanes of at least 4 members (excludes halogenated alkanes) is 14. The summed E-state index contributed by atoms with van der Waals surface area (Å²) in [6.07, 6.45) is 17.5. The first-order valence-electron chi connectivity index (χ1n) is 14.4. The Bertz CT molecular complexity index is 823. The summed E-state index contributed by atoms with van der Waals surface area (Å²) in [6, 6.07) is 4.21. The summed E-state index contributed by atoms with van der Waals surface area (Å²) < 4.78 is 5.30. The van der Waals surface area contributed by atoms with E-state index >= 15 is 0 Å². The molecule has 1 amide bonds. The van der Waals surface area contributed by atoms with E-state index in [0.717, 1.165) is 12.8 Å². The second-order valence-electron chi connectivity index (χ2n) is 10.1. The number of ether oxygens (including phenoxy) is 1. The minimum atomic E-state index is -1.37.